The molecule has 1 aromatic rings. The van der Waals surface area contributed by atoms with E-state index in [4.69, 9.17) is 16.3 Å². The molecule has 1 saturated heterocycles. The number of β-amino-alcohol motifs (C(OH)–C–C–N with tert-alkyl or cyclic N) is 1. The lowest BCUT2D eigenvalue weighted by Gasteiger charge is -2.20. The predicted molar refractivity (Wildman–Crippen MR) is 65.7 cm³/mol. The fraction of sp³-hybridized carbons (Fsp3) is 0.636. The smallest absolute Gasteiger partial charge is 0.276 e. The topological polar surface area (TPSA) is 67.6 Å². The van der Waals surface area contributed by atoms with Crippen molar-refractivity contribution in [1.82, 2.24) is 14.7 Å². The van der Waals surface area contributed by atoms with Crippen molar-refractivity contribution >= 4 is 17.5 Å². The lowest BCUT2D eigenvalue weighted by atomic mass is 10.3. The first-order valence-electron chi connectivity index (χ1n) is 5.75. The summed E-state index contributed by atoms with van der Waals surface area (Å²) in [5.41, 5.74) is 0.970. The summed E-state index contributed by atoms with van der Waals surface area (Å²) in [5.74, 6) is -0.270. The van der Waals surface area contributed by atoms with Crippen LogP contribution in [0.25, 0.3) is 0 Å². The van der Waals surface area contributed by atoms with E-state index in [0.717, 1.165) is 5.69 Å². The number of ether oxygens (including phenoxy) is 1. The van der Waals surface area contributed by atoms with Gasteiger partial charge in [0.25, 0.3) is 5.91 Å². The normalized spacial score (nSPS) is 20.9. The van der Waals surface area contributed by atoms with Gasteiger partial charge in [0.1, 0.15) is 0 Å². The van der Waals surface area contributed by atoms with Gasteiger partial charge in [-0.25, -0.2) is 0 Å². The van der Waals surface area contributed by atoms with E-state index >= 15 is 0 Å². The lowest BCUT2D eigenvalue weighted by molar-refractivity contribution is 0.0532. The second-order valence-electron chi connectivity index (χ2n) is 4.35. The largest absolute Gasteiger partial charge is 0.389 e. The molecule has 7 heteroatoms. The third-order valence-corrected chi connectivity index (χ3v) is 3.45. The Morgan fingerprint density at radius 1 is 1.61 bits per heavy atom. The molecule has 100 valence electrons. The average molecular weight is 274 g/mol. The summed E-state index contributed by atoms with van der Waals surface area (Å²) in [6.07, 6.45) is -0.667. The second kappa shape index (κ2) is 5.26. The van der Waals surface area contributed by atoms with Gasteiger partial charge in [0.15, 0.2) is 5.69 Å². The van der Waals surface area contributed by atoms with Crippen molar-refractivity contribution in [3.8, 4) is 0 Å². The maximum atomic E-state index is 12.3. The molecule has 0 saturated carbocycles. The Morgan fingerprint density at radius 3 is 2.94 bits per heavy atom. The maximum absolute atomic E-state index is 12.3. The standard InChI is InChI=1S/C11H16ClN3O3/c1-7-9(12)10(13-14(7)2)11(17)15-3-4-18-6-8(16)5-15/h8,16H,3-6H2,1-2H3/t8-/m1/s1. The summed E-state index contributed by atoms with van der Waals surface area (Å²) in [5, 5.41) is 14.1. The maximum Gasteiger partial charge on any atom is 0.276 e. The Balaban J connectivity index is 2.21. The van der Waals surface area contributed by atoms with Crippen molar-refractivity contribution in [2.45, 2.75) is 13.0 Å². The zero-order valence-electron chi connectivity index (χ0n) is 10.4. The van der Waals surface area contributed by atoms with Gasteiger partial charge in [0.05, 0.1) is 30.0 Å². The van der Waals surface area contributed by atoms with E-state index in [0.29, 0.717) is 18.2 Å². The Bertz CT molecular complexity index is 461. The van der Waals surface area contributed by atoms with Crippen LogP contribution in [0.15, 0.2) is 0 Å². The molecule has 1 aliphatic rings. The van der Waals surface area contributed by atoms with E-state index in [9.17, 15) is 9.90 Å². The molecule has 1 fully saturated rings. The Hall–Kier alpha value is -1.11. The van der Waals surface area contributed by atoms with Crippen LogP contribution in [0.1, 0.15) is 16.2 Å². The molecule has 0 radical (unpaired) electrons. The van der Waals surface area contributed by atoms with Gasteiger partial charge in [0.2, 0.25) is 0 Å². The van der Waals surface area contributed by atoms with Crippen LogP contribution in [0.2, 0.25) is 5.02 Å². The Labute approximate surface area is 110 Å². The fourth-order valence-corrected chi connectivity index (χ4v) is 2.09. The molecule has 2 heterocycles. The number of nitrogens with zero attached hydrogens (tertiary/aromatic N) is 3. The van der Waals surface area contributed by atoms with Crippen LogP contribution in [0.4, 0.5) is 0 Å². The van der Waals surface area contributed by atoms with Crippen molar-refractivity contribution < 1.29 is 14.6 Å². The molecule has 1 aliphatic heterocycles. The van der Waals surface area contributed by atoms with Gasteiger partial charge in [-0.15, -0.1) is 0 Å². The summed E-state index contributed by atoms with van der Waals surface area (Å²) in [7, 11) is 1.73. The number of carbonyl (C=O) groups is 1. The molecule has 0 bridgehead atoms. The minimum absolute atomic E-state index is 0.228. The van der Waals surface area contributed by atoms with Crippen LogP contribution in [-0.2, 0) is 11.8 Å². The average Bonchev–Trinajstić information content (AvgIpc) is 2.55. The molecule has 0 spiro atoms. The van der Waals surface area contributed by atoms with E-state index in [1.165, 1.54) is 4.90 Å². The number of halogens is 1. The number of carbonyl (C=O) groups excluding carboxylic acids is 1. The van der Waals surface area contributed by atoms with E-state index in [1.807, 2.05) is 0 Å². The molecular weight excluding hydrogens is 258 g/mol. The van der Waals surface area contributed by atoms with Crippen molar-refractivity contribution in [1.29, 1.82) is 0 Å². The predicted octanol–water partition coefficient (Wildman–Crippen LogP) is 0.215. The third kappa shape index (κ3) is 2.50. The van der Waals surface area contributed by atoms with Crippen LogP contribution >= 0.6 is 11.6 Å². The lowest BCUT2D eigenvalue weighted by Crippen LogP contribution is -2.38. The summed E-state index contributed by atoms with van der Waals surface area (Å²) in [6, 6.07) is 0. The second-order valence-corrected chi connectivity index (χ2v) is 4.73. The molecular formula is C11H16ClN3O3. The molecule has 2 rings (SSSR count). The minimum atomic E-state index is -0.667. The highest BCUT2D eigenvalue weighted by Crippen LogP contribution is 2.21. The highest BCUT2D eigenvalue weighted by atomic mass is 35.5. The molecule has 0 unspecified atom stereocenters. The zero-order valence-corrected chi connectivity index (χ0v) is 11.1. The number of rotatable bonds is 1. The summed E-state index contributed by atoms with van der Waals surface area (Å²) in [4.78, 5) is 13.8. The van der Waals surface area contributed by atoms with Crippen molar-refractivity contribution in [2.24, 2.45) is 7.05 Å². The molecule has 1 amide bonds. The minimum Gasteiger partial charge on any atom is -0.389 e. The number of hydrogen-bond donors (Lipinski definition) is 1. The third-order valence-electron chi connectivity index (χ3n) is 3.00. The van der Waals surface area contributed by atoms with Gasteiger partial charge in [-0.1, -0.05) is 11.6 Å². The molecule has 1 N–H and O–H groups in total. The molecule has 1 atom stereocenters. The van der Waals surface area contributed by atoms with Gasteiger partial charge in [-0.05, 0) is 6.92 Å². The highest BCUT2D eigenvalue weighted by molar-refractivity contribution is 6.34. The molecule has 6 nitrogen and oxygen atoms in total. The quantitative estimate of drug-likeness (QED) is 0.795. The van der Waals surface area contributed by atoms with Gasteiger partial charge >= 0.3 is 0 Å². The number of aliphatic hydroxyl groups is 1. The Kier molecular flexibility index (Phi) is 3.89. The number of aliphatic hydroxyl groups excluding tert-OH is 1. The van der Waals surface area contributed by atoms with Gasteiger partial charge < -0.3 is 14.7 Å². The van der Waals surface area contributed by atoms with Crippen molar-refractivity contribution in [3.05, 3.63) is 16.4 Å². The molecule has 0 aromatic carbocycles. The summed E-state index contributed by atoms with van der Waals surface area (Å²) < 4.78 is 6.75. The van der Waals surface area contributed by atoms with Gasteiger partial charge in [0, 0.05) is 20.1 Å². The van der Waals surface area contributed by atoms with Crippen molar-refractivity contribution in [3.63, 3.8) is 0 Å². The van der Waals surface area contributed by atoms with E-state index in [-0.39, 0.29) is 24.8 Å². The number of aromatic nitrogens is 2. The van der Waals surface area contributed by atoms with Crippen LogP contribution < -0.4 is 0 Å². The van der Waals surface area contributed by atoms with Gasteiger partial charge in [-0.2, -0.15) is 5.10 Å². The summed E-state index contributed by atoms with van der Waals surface area (Å²) in [6.45, 7) is 3.13. The Morgan fingerprint density at radius 2 is 2.33 bits per heavy atom. The summed E-state index contributed by atoms with van der Waals surface area (Å²) >= 11 is 6.08. The number of amides is 1. The van der Waals surface area contributed by atoms with E-state index < -0.39 is 6.10 Å². The zero-order chi connectivity index (χ0) is 13.3. The fourth-order valence-electron chi connectivity index (χ4n) is 1.85. The van der Waals surface area contributed by atoms with Crippen LogP contribution in [0, 0.1) is 6.92 Å². The highest BCUT2D eigenvalue weighted by Gasteiger charge is 2.26. The van der Waals surface area contributed by atoms with Crippen molar-refractivity contribution in [2.75, 3.05) is 26.3 Å². The molecule has 1 aromatic heterocycles. The monoisotopic (exact) mass is 273 g/mol. The first-order valence-corrected chi connectivity index (χ1v) is 6.12. The van der Waals surface area contributed by atoms with E-state index in [1.54, 1.807) is 18.7 Å². The van der Waals surface area contributed by atoms with Crippen LogP contribution in [0.3, 0.4) is 0 Å². The number of aryl methyl sites for hydroxylation is 1. The van der Waals surface area contributed by atoms with Crippen LogP contribution in [0.5, 0.6) is 0 Å². The SMILES string of the molecule is Cc1c(Cl)c(C(=O)N2CCOC[C@H](O)C2)nn1C. The van der Waals surface area contributed by atoms with Gasteiger partial charge in [-0.3, -0.25) is 9.48 Å². The first kappa shape index (κ1) is 13.3. The number of hydrogen-bond acceptors (Lipinski definition) is 4. The van der Waals surface area contributed by atoms with Crippen LogP contribution in [-0.4, -0.2) is 58.1 Å². The molecule has 18 heavy (non-hydrogen) atoms. The first-order chi connectivity index (χ1) is 8.50. The molecule has 0 aliphatic carbocycles. The van der Waals surface area contributed by atoms with E-state index in [2.05, 4.69) is 5.10 Å².